The number of rotatable bonds is 6. The molecule has 31 heavy (non-hydrogen) atoms. The number of aliphatic hydroxyl groups excluding tert-OH is 1. The second-order valence-corrected chi connectivity index (χ2v) is 8.01. The van der Waals surface area contributed by atoms with Crippen LogP contribution in [0.3, 0.4) is 0 Å². The summed E-state index contributed by atoms with van der Waals surface area (Å²) in [6.07, 6.45) is 1.56. The van der Waals surface area contributed by atoms with Gasteiger partial charge < -0.3 is 10.4 Å². The minimum atomic E-state index is -0.146. The van der Waals surface area contributed by atoms with E-state index >= 15 is 0 Å². The first kappa shape index (κ1) is 19.7. The molecule has 1 aliphatic rings. The van der Waals surface area contributed by atoms with Gasteiger partial charge in [-0.05, 0) is 36.1 Å². The van der Waals surface area contributed by atoms with E-state index in [4.69, 9.17) is 5.10 Å². The van der Waals surface area contributed by atoms with Crippen LogP contribution >= 0.6 is 0 Å². The molecule has 1 fully saturated rings. The van der Waals surface area contributed by atoms with Crippen molar-refractivity contribution in [1.82, 2.24) is 24.7 Å². The standard InChI is InChI=1S/C24H26N6O/c31-21-12-14-29(15-13-21)17-20-9-5-4-8-19(20)16-25-22-10-11-23-26-27-24(30(23)28-22)18-6-2-1-3-7-18/h1-11,21,31H,12-17H2,(H,25,28). The smallest absolute Gasteiger partial charge is 0.185 e. The normalized spacial score (nSPS) is 15.4. The molecule has 0 aliphatic carbocycles. The number of benzene rings is 2. The summed E-state index contributed by atoms with van der Waals surface area (Å²) >= 11 is 0. The summed E-state index contributed by atoms with van der Waals surface area (Å²) in [5, 5.41) is 26.5. The maximum atomic E-state index is 9.76. The van der Waals surface area contributed by atoms with Gasteiger partial charge in [-0.1, -0.05) is 54.6 Å². The zero-order valence-electron chi connectivity index (χ0n) is 17.4. The Bertz CT molecular complexity index is 1150. The van der Waals surface area contributed by atoms with E-state index in [2.05, 4.69) is 44.7 Å². The number of fused-ring (bicyclic) bond motifs is 1. The van der Waals surface area contributed by atoms with E-state index in [9.17, 15) is 5.11 Å². The third kappa shape index (κ3) is 4.42. The van der Waals surface area contributed by atoms with E-state index in [-0.39, 0.29) is 6.10 Å². The summed E-state index contributed by atoms with van der Waals surface area (Å²) in [6.45, 7) is 3.47. The van der Waals surface area contributed by atoms with Crippen molar-refractivity contribution in [3.05, 3.63) is 77.9 Å². The van der Waals surface area contributed by atoms with Gasteiger partial charge in [-0.15, -0.1) is 15.3 Å². The number of hydrogen-bond acceptors (Lipinski definition) is 6. The van der Waals surface area contributed by atoms with Crippen molar-refractivity contribution in [2.75, 3.05) is 18.4 Å². The quantitative estimate of drug-likeness (QED) is 0.504. The molecule has 0 amide bonds. The number of piperidine rings is 1. The van der Waals surface area contributed by atoms with Crippen molar-refractivity contribution < 1.29 is 5.11 Å². The number of nitrogens with one attached hydrogen (secondary N) is 1. The summed E-state index contributed by atoms with van der Waals surface area (Å²) in [5.41, 5.74) is 4.26. The molecule has 5 rings (SSSR count). The molecule has 7 nitrogen and oxygen atoms in total. The van der Waals surface area contributed by atoms with E-state index in [1.54, 1.807) is 4.52 Å². The molecule has 2 N–H and O–H groups in total. The van der Waals surface area contributed by atoms with E-state index < -0.39 is 0 Å². The molecule has 1 saturated heterocycles. The summed E-state index contributed by atoms with van der Waals surface area (Å²) in [5.74, 6) is 1.51. The highest BCUT2D eigenvalue weighted by molar-refractivity contribution is 5.59. The molecule has 0 atom stereocenters. The predicted molar refractivity (Wildman–Crippen MR) is 121 cm³/mol. The van der Waals surface area contributed by atoms with E-state index in [0.717, 1.165) is 55.3 Å². The molecular weight excluding hydrogens is 388 g/mol. The van der Waals surface area contributed by atoms with E-state index in [0.29, 0.717) is 6.54 Å². The highest BCUT2D eigenvalue weighted by Gasteiger charge is 2.18. The van der Waals surface area contributed by atoms with Crippen molar-refractivity contribution in [1.29, 1.82) is 0 Å². The van der Waals surface area contributed by atoms with Crippen molar-refractivity contribution >= 4 is 11.5 Å². The highest BCUT2D eigenvalue weighted by Crippen LogP contribution is 2.20. The Balaban J connectivity index is 1.32. The number of anilines is 1. The lowest BCUT2D eigenvalue weighted by Crippen LogP contribution is -2.35. The third-order valence-electron chi connectivity index (χ3n) is 5.82. The molecule has 0 spiro atoms. The lowest BCUT2D eigenvalue weighted by atomic mass is 10.0. The average molecular weight is 415 g/mol. The molecule has 0 radical (unpaired) electrons. The largest absolute Gasteiger partial charge is 0.393 e. The zero-order chi connectivity index (χ0) is 21.0. The number of hydrogen-bond donors (Lipinski definition) is 2. The number of likely N-dealkylation sites (tertiary alicyclic amines) is 1. The number of aliphatic hydroxyl groups is 1. The van der Waals surface area contributed by atoms with Gasteiger partial charge in [-0.25, -0.2) is 0 Å². The van der Waals surface area contributed by atoms with Crippen molar-refractivity contribution in [3.8, 4) is 11.4 Å². The van der Waals surface area contributed by atoms with Gasteiger partial charge in [-0.3, -0.25) is 4.90 Å². The van der Waals surface area contributed by atoms with Gasteiger partial charge >= 0.3 is 0 Å². The maximum Gasteiger partial charge on any atom is 0.185 e. The van der Waals surface area contributed by atoms with Crippen LogP contribution in [0.1, 0.15) is 24.0 Å². The molecule has 2 aromatic heterocycles. The molecular formula is C24H26N6O. The second kappa shape index (κ2) is 8.83. The molecule has 7 heteroatoms. The van der Waals surface area contributed by atoms with Crippen LogP contribution in [-0.4, -0.2) is 49.0 Å². The zero-order valence-corrected chi connectivity index (χ0v) is 17.4. The SMILES string of the molecule is OC1CCN(Cc2ccccc2CNc2ccc3nnc(-c4ccccc4)n3n2)CC1. The van der Waals surface area contributed by atoms with E-state index in [1.807, 2.05) is 42.5 Å². The van der Waals surface area contributed by atoms with Gasteiger partial charge in [0.15, 0.2) is 11.5 Å². The molecule has 4 aromatic rings. The topological polar surface area (TPSA) is 78.6 Å². The molecule has 158 valence electrons. The van der Waals surface area contributed by atoms with Crippen molar-refractivity contribution in [3.63, 3.8) is 0 Å². The third-order valence-corrected chi connectivity index (χ3v) is 5.82. The molecule has 1 aliphatic heterocycles. The first-order valence-corrected chi connectivity index (χ1v) is 10.8. The first-order valence-electron chi connectivity index (χ1n) is 10.8. The van der Waals surface area contributed by atoms with Crippen LogP contribution in [0.4, 0.5) is 5.82 Å². The van der Waals surface area contributed by atoms with Crippen LogP contribution < -0.4 is 5.32 Å². The molecule has 0 saturated carbocycles. The Hall–Kier alpha value is -3.29. The van der Waals surface area contributed by atoms with Crippen LogP contribution in [0.25, 0.3) is 17.0 Å². The van der Waals surface area contributed by atoms with Crippen LogP contribution in [0.15, 0.2) is 66.7 Å². The molecule has 3 heterocycles. The van der Waals surface area contributed by atoms with Gasteiger partial charge in [0.2, 0.25) is 0 Å². The molecule has 2 aromatic carbocycles. The Kier molecular flexibility index (Phi) is 5.60. The van der Waals surface area contributed by atoms with E-state index in [1.165, 1.54) is 11.1 Å². The van der Waals surface area contributed by atoms with Crippen molar-refractivity contribution in [2.24, 2.45) is 0 Å². The summed E-state index contributed by atoms with van der Waals surface area (Å²) < 4.78 is 1.78. The van der Waals surface area contributed by atoms with Crippen molar-refractivity contribution in [2.45, 2.75) is 32.0 Å². The van der Waals surface area contributed by atoms with Gasteiger partial charge in [0.05, 0.1) is 6.10 Å². The minimum Gasteiger partial charge on any atom is -0.393 e. The minimum absolute atomic E-state index is 0.146. The van der Waals surface area contributed by atoms with Gasteiger partial charge in [0.1, 0.15) is 5.82 Å². The monoisotopic (exact) mass is 414 g/mol. The van der Waals surface area contributed by atoms with Gasteiger partial charge in [0, 0.05) is 31.7 Å². The number of nitrogens with zero attached hydrogens (tertiary/aromatic N) is 5. The maximum absolute atomic E-state index is 9.76. The summed E-state index contributed by atoms with van der Waals surface area (Å²) in [6, 6.07) is 22.3. The van der Waals surface area contributed by atoms with Crippen LogP contribution in [-0.2, 0) is 13.1 Å². The Morgan fingerprint density at radius 2 is 1.61 bits per heavy atom. The van der Waals surface area contributed by atoms with Crippen LogP contribution in [0, 0.1) is 0 Å². The fourth-order valence-electron chi connectivity index (χ4n) is 4.04. The molecule has 0 bridgehead atoms. The Labute approximate surface area is 181 Å². The fraction of sp³-hybridized carbons (Fsp3) is 0.292. The highest BCUT2D eigenvalue weighted by atomic mass is 16.3. The van der Waals surface area contributed by atoms with Gasteiger partial charge in [-0.2, -0.15) is 4.52 Å². The lowest BCUT2D eigenvalue weighted by Gasteiger charge is -2.30. The van der Waals surface area contributed by atoms with Crippen LogP contribution in [0.2, 0.25) is 0 Å². The Morgan fingerprint density at radius 1 is 0.871 bits per heavy atom. The predicted octanol–water partition coefficient (Wildman–Crippen LogP) is 3.36. The van der Waals surface area contributed by atoms with Crippen LogP contribution in [0.5, 0.6) is 0 Å². The Morgan fingerprint density at radius 3 is 2.42 bits per heavy atom. The second-order valence-electron chi connectivity index (χ2n) is 8.01. The fourth-order valence-corrected chi connectivity index (χ4v) is 4.04. The summed E-state index contributed by atoms with van der Waals surface area (Å²) in [7, 11) is 0. The lowest BCUT2D eigenvalue weighted by molar-refractivity contribution is 0.0791. The number of aromatic nitrogens is 4. The molecule has 0 unspecified atom stereocenters. The summed E-state index contributed by atoms with van der Waals surface area (Å²) in [4.78, 5) is 2.42. The van der Waals surface area contributed by atoms with Gasteiger partial charge in [0.25, 0.3) is 0 Å². The average Bonchev–Trinajstić information content (AvgIpc) is 3.24. The first-order chi connectivity index (χ1) is 15.3.